The summed E-state index contributed by atoms with van der Waals surface area (Å²) in [5.74, 6) is 0.172. The molecule has 0 fully saturated rings. The van der Waals surface area contributed by atoms with Crippen molar-refractivity contribution in [3.05, 3.63) is 29.8 Å². The molecule has 0 saturated carbocycles. The van der Waals surface area contributed by atoms with Crippen LogP contribution in [0.3, 0.4) is 0 Å². The zero-order valence-corrected chi connectivity index (χ0v) is 12.5. The first kappa shape index (κ1) is 16.5. The number of benzene rings is 1. The number of hydrogen-bond donors (Lipinski definition) is 2. The van der Waals surface area contributed by atoms with Gasteiger partial charge in [0.2, 0.25) is 5.91 Å². The van der Waals surface area contributed by atoms with Gasteiger partial charge in [0.05, 0.1) is 6.04 Å². The fraction of sp³-hybridized carbons (Fsp3) is 0.533. The Bertz CT molecular complexity index is 418. The largest absolute Gasteiger partial charge is 0.508 e. The molecule has 0 radical (unpaired) electrons. The van der Waals surface area contributed by atoms with Crippen molar-refractivity contribution in [1.82, 2.24) is 9.80 Å². The summed E-state index contributed by atoms with van der Waals surface area (Å²) in [5, 5.41) is 9.22. The Morgan fingerprint density at radius 1 is 1.20 bits per heavy atom. The zero-order chi connectivity index (χ0) is 15.1. The van der Waals surface area contributed by atoms with Crippen molar-refractivity contribution in [3.8, 4) is 5.75 Å². The number of amides is 1. The average Bonchev–Trinajstić information content (AvgIpc) is 2.39. The summed E-state index contributed by atoms with van der Waals surface area (Å²) in [6.07, 6.45) is 1.41. The molecule has 3 N–H and O–H groups in total. The maximum atomic E-state index is 12.1. The summed E-state index contributed by atoms with van der Waals surface area (Å²) >= 11 is 0. The third-order valence-corrected chi connectivity index (χ3v) is 3.18. The summed E-state index contributed by atoms with van der Waals surface area (Å²) in [4.78, 5) is 15.9. The second-order valence-electron chi connectivity index (χ2n) is 5.39. The van der Waals surface area contributed by atoms with Gasteiger partial charge >= 0.3 is 0 Å². The van der Waals surface area contributed by atoms with E-state index in [0.29, 0.717) is 13.0 Å². The monoisotopic (exact) mass is 279 g/mol. The van der Waals surface area contributed by atoms with Crippen molar-refractivity contribution >= 4 is 5.91 Å². The first-order valence-corrected chi connectivity index (χ1v) is 6.83. The molecule has 5 nitrogen and oxygen atoms in total. The minimum atomic E-state index is -0.538. The number of likely N-dealkylation sites (N-methyl/N-ethyl adjacent to an activating group) is 1. The van der Waals surface area contributed by atoms with E-state index in [1.807, 2.05) is 14.1 Å². The molecule has 1 atom stereocenters. The van der Waals surface area contributed by atoms with Crippen molar-refractivity contribution in [3.63, 3.8) is 0 Å². The Labute approximate surface area is 121 Å². The molecule has 0 aliphatic rings. The first-order chi connectivity index (χ1) is 9.40. The van der Waals surface area contributed by atoms with Gasteiger partial charge in [-0.3, -0.25) is 4.79 Å². The molecule has 5 heteroatoms. The van der Waals surface area contributed by atoms with Crippen molar-refractivity contribution in [2.45, 2.75) is 18.9 Å². The number of phenolic OH excluding ortho intramolecular Hbond substituents is 1. The predicted molar refractivity (Wildman–Crippen MR) is 80.6 cm³/mol. The normalized spacial score (nSPS) is 12.4. The van der Waals surface area contributed by atoms with E-state index in [4.69, 9.17) is 5.73 Å². The van der Waals surface area contributed by atoms with E-state index >= 15 is 0 Å². The van der Waals surface area contributed by atoms with Crippen LogP contribution in [0.5, 0.6) is 5.75 Å². The van der Waals surface area contributed by atoms with Crippen molar-refractivity contribution in [1.29, 1.82) is 0 Å². The highest BCUT2D eigenvalue weighted by Gasteiger charge is 2.18. The van der Waals surface area contributed by atoms with E-state index < -0.39 is 6.04 Å². The van der Waals surface area contributed by atoms with Gasteiger partial charge < -0.3 is 20.6 Å². The van der Waals surface area contributed by atoms with Crippen LogP contribution in [0.2, 0.25) is 0 Å². The van der Waals surface area contributed by atoms with Gasteiger partial charge in [0.1, 0.15) is 5.75 Å². The highest BCUT2D eigenvalue weighted by molar-refractivity contribution is 5.81. The lowest BCUT2D eigenvalue weighted by molar-refractivity contribution is -0.131. The van der Waals surface area contributed by atoms with Crippen LogP contribution >= 0.6 is 0 Å². The summed E-state index contributed by atoms with van der Waals surface area (Å²) in [6, 6.07) is 6.24. The highest BCUT2D eigenvalue weighted by Crippen LogP contribution is 2.11. The second-order valence-corrected chi connectivity index (χ2v) is 5.39. The fourth-order valence-electron chi connectivity index (χ4n) is 1.99. The molecule has 0 heterocycles. The van der Waals surface area contributed by atoms with Crippen molar-refractivity contribution in [2.75, 3.05) is 34.2 Å². The van der Waals surface area contributed by atoms with Crippen LogP contribution in [0.25, 0.3) is 0 Å². The molecule has 1 aromatic rings. The molecule has 0 aromatic heterocycles. The number of aromatic hydroxyl groups is 1. The van der Waals surface area contributed by atoms with E-state index in [-0.39, 0.29) is 11.7 Å². The first-order valence-electron chi connectivity index (χ1n) is 6.83. The van der Waals surface area contributed by atoms with E-state index in [2.05, 4.69) is 4.90 Å². The molecule has 112 valence electrons. The van der Waals surface area contributed by atoms with E-state index in [9.17, 15) is 9.90 Å². The quantitative estimate of drug-likeness (QED) is 0.770. The Kier molecular flexibility index (Phi) is 6.48. The summed E-state index contributed by atoms with van der Waals surface area (Å²) < 4.78 is 0. The molecule has 1 aromatic carbocycles. The van der Waals surface area contributed by atoms with Crippen LogP contribution in [0.1, 0.15) is 12.0 Å². The topological polar surface area (TPSA) is 69.8 Å². The third-order valence-electron chi connectivity index (χ3n) is 3.18. The molecule has 1 rings (SSSR count). The Balaban J connectivity index is 2.43. The molecule has 1 amide bonds. The number of phenols is 1. The van der Waals surface area contributed by atoms with Gasteiger partial charge in [-0.2, -0.15) is 0 Å². The molecular formula is C15H25N3O2. The lowest BCUT2D eigenvalue weighted by atomic mass is 10.1. The molecule has 0 bridgehead atoms. The van der Waals surface area contributed by atoms with Crippen LogP contribution in [0.15, 0.2) is 24.3 Å². The van der Waals surface area contributed by atoms with Crippen LogP contribution in [-0.4, -0.2) is 61.1 Å². The second kappa shape index (κ2) is 7.87. The summed E-state index contributed by atoms with van der Waals surface area (Å²) in [5.41, 5.74) is 6.91. The maximum absolute atomic E-state index is 12.1. The standard InChI is InChI=1S/C15H25N3O2/c1-17(2)9-4-10-18(3)15(20)14(16)11-12-5-7-13(19)8-6-12/h5-8,14,19H,4,9-11,16H2,1-3H3. The van der Waals surface area contributed by atoms with Crippen LogP contribution in [-0.2, 0) is 11.2 Å². The Morgan fingerprint density at radius 2 is 1.80 bits per heavy atom. The third kappa shape index (κ3) is 5.59. The van der Waals surface area contributed by atoms with E-state index in [0.717, 1.165) is 18.5 Å². The Morgan fingerprint density at radius 3 is 2.35 bits per heavy atom. The number of carbonyl (C=O) groups excluding carboxylic acids is 1. The summed E-state index contributed by atoms with van der Waals surface area (Å²) in [7, 11) is 5.81. The SMILES string of the molecule is CN(C)CCCN(C)C(=O)C(N)Cc1ccc(O)cc1. The lowest BCUT2D eigenvalue weighted by Crippen LogP contribution is -2.43. The lowest BCUT2D eigenvalue weighted by Gasteiger charge is -2.22. The number of nitrogens with zero attached hydrogens (tertiary/aromatic N) is 2. The molecule has 1 unspecified atom stereocenters. The van der Waals surface area contributed by atoms with Crippen LogP contribution in [0, 0.1) is 0 Å². The average molecular weight is 279 g/mol. The minimum Gasteiger partial charge on any atom is -0.508 e. The molecule has 0 aliphatic heterocycles. The van der Waals surface area contributed by atoms with Gasteiger partial charge in [-0.05, 0) is 51.2 Å². The molecular weight excluding hydrogens is 254 g/mol. The van der Waals surface area contributed by atoms with E-state index in [1.165, 1.54) is 0 Å². The van der Waals surface area contributed by atoms with Gasteiger partial charge in [-0.25, -0.2) is 0 Å². The van der Waals surface area contributed by atoms with Crippen LogP contribution < -0.4 is 5.73 Å². The predicted octanol–water partition coefficient (Wildman–Crippen LogP) is 0.672. The van der Waals surface area contributed by atoms with Gasteiger partial charge in [0.15, 0.2) is 0 Å². The molecule has 0 aliphatic carbocycles. The van der Waals surface area contributed by atoms with Gasteiger partial charge in [0, 0.05) is 13.6 Å². The number of nitrogens with two attached hydrogens (primary N) is 1. The Hall–Kier alpha value is -1.59. The number of carbonyl (C=O) groups is 1. The van der Waals surface area contributed by atoms with Crippen LogP contribution in [0.4, 0.5) is 0 Å². The zero-order valence-electron chi connectivity index (χ0n) is 12.5. The van der Waals surface area contributed by atoms with Gasteiger partial charge in [0.25, 0.3) is 0 Å². The van der Waals surface area contributed by atoms with Gasteiger partial charge in [-0.1, -0.05) is 12.1 Å². The maximum Gasteiger partial charge on any atom is 0.239 e. The van der Waals surface area contributed by atoms with Crippen molar-refractivity contribution < 1.29 is 9.90 Å². The van der Waals surface area contributed by atoms with Gasteiger partial charge in [-0.15, -0.1) is 0 Å². The van der Waals surface area contributed by atoms with Crippen molar-refractivity contribution in [2.24, 2.45) is 5.73 Å². The smallest absolute Gasteiger partial charge is 0.239 e. The number of hydrogen-bond acceptors (Lipinski definition) is 4. The highest BCUT2D eigenvalue weighted by atomic mass is 16.3. The molecule has 0 spiro atoms. The molecule has 20 heavy (non-hydrogen) atoms. The fourth-order valence-corrected chi connectivity index (χ4v) is 1.99. The molecule has 0 saturated heterocycles. The minimum absolute atomic E-state index is 0.0446. The van der Waals surface area contributed by atoms with E-state index in [1.54, 1.807) is 36.2 Å². The summed E-state index contributed by atoms with van der Waals surface area (Å²) in [6.45, 7) is 1.66. The number of rotatable bonds is 7.